The number of nitrogens with zero attached hydrogens (tertiary/aromatic N) is 3. The minimum atomic E-state index is -0.312. The monoisotopic (exact) mass is 390 g/mol. The fourth-order valence-electron chi connectivity index (χ4n) is 3.79. The first-order valence-electron chi connectivity index (χ1n) is 10.3. The van der Waals surface area contributed by atoms with Crippen LogP contribution in [0.1, 0.15) is 59.3 Å². The molecule has 0 spiro atoms. The van der Waals surface area contributed by atoms with Crippen molar-refractivity contribution in [3.05, 3.63) is 65.7 Å². The number of pyridine rings is 1. The number of likely N-dealkylation sites (tertiary alicyclic amines) is 1. The molecule has 6 heteroatoms. The molecule has 1 N–H and O–H groups in total. The van der Waals surface area contributed by atoms with Crippen LogP contribution in [0.2, 0.25) is 0 Å². The van der Waals surface area contributed by atoms with E-state index >= 15 is 0 Å². The van der Waals surface area contributed by atoms with E-state index in [1.165, 1.54) is 5.56 Å². The lowest BCUT2D eigenvalue weighted by Crippen LogP contribution is -2.33. The second-order valence-electron chi connectivity index (χ2n) is 7.45. The van der Waals surface area contributed by atoms with Crippen LogP contribution in [0.25, 0.3) is 5.52 Å². The molecule has 1 saturated heterocycles. The lowest BCUT2D eigenvalue weighted by Gasteiger charge is -2.19. The third-order valence-corrected chi connectivity index (χ3v) is 5.47. The molecular formula is C23H26N4O2. The van der Waals surface area contributed by atoms with E-state index in [1.54, 1.807) is 10.6 Å². The number of carbonyl (C=O) groups excluding carboxylic acids is 2. The zero-order valence-corrected chi connectivity index (χ0v) is 16.7. The van der Waals surface area contributed by atoms with Crippen LogP contribution in [0.5, 0.6) is 0 Å². The molecule has 2 aromatic heterocycles. The number of carbonyl (C=O) groups is 2. The molecule has 0 unspecified atom stereocenters. The predicted molar refractivity (Wildman–Crippen MR) is 113 cm³/mol. The number of aryl methyl sites for hydroxylation is 1. The Kier molecular flexibility index (Phi) is 5.60. The van der Waals surface area contributed by atoms with Crippen molar-refractivity contribution in [3.63, 3.8) is 0 Å². The van der Waals surface area contributed by atoms with E-state index in [4.69, 9.17) is 0 Å². The Labute approximate surface area is 170 Å². The first-order valence-corrected chi connectivity index (χ1v) is 10.3. The second-order valence-corrected chi connectivity index (χ2v) is 7.45. The molecule has 150 valence electrons. The number of hydrogen-bond donors (Lipinski definition) is 1. The number of anilines is 1. The van der Waals surface area contributed by atoms with Gasteiger partial charge < -0.3 is 10.2 Å². The summed E-state index contributed by atoms with van der Waals surface area (Å²) in [5.41, 5.74) is 2.82. The van der Waals surface area contributed by atoms with E-state index in [0.29, 0.717) is 17.0 Å². The van der Waals surface area contributed by atoms with Gasteiger partial charge in [-0.25, -0.2) is 4.98 Å². The molecule has 0 saturated carbocycles. The quantitative estimate of drug-likeness (QED) is 0.727. The summed E-state index contributed by atoms with van der Waals surface area (Å²) in [4.78, 5) is 32.4. The number of fused-ring (bicyclic) bond motifs is 1. The molecule has 2 amide bonds. The fourth-order valence-corrected chi connectivity index (χ4v) is 3.79. The van der Waals surface area contributed by atoms with Gasteiger partial charge in [-0.2, -0.15) is 0 Å². The predicted octanol–water partition coefficient (Wildman–Crippen LogP) is 4.17. The maximum absolute atomic E-state index is 13.1. The third-order valence-electron chi connectivity index (χ3n) is 5.47. The number of hydrogen-bond acceptors (Lipinski definition) is 3. The van der Waals surface area contributed by atoms with Gasteiger partial charge >= 0.3 is 0 Å². The van der Waals surface area contributed by atoms with Crippen LogP contribution >= 0.6 is 0 Å². The Hall–Kier alpha value is -3.15. The van der Waals surface area contributed by atoms with Crippen LogP contribution in [-0.4, -0.2) is 39.2 Å². The standard InChI is InChI=1S/C23H26N4O2/c1-2-17-10-12-18(13-11-17)24-22(28)20-19-9-5-8-16-27(19)21(25-20)23(29)26-14-6-3-4-7-15-26/h5,8-13,16H,2-4,6-7,14-15H2,1H3,(H,24,28). The van der Waals surface area contributed by atoms with Gasteiger partial charge in [0.2, 0.25) is 5.82 Å². The van der Waals surface area contributed by atoms with Crippen molar-refractivity contribution in [3.8, 4) is 0 Å². The minimum absolute atomic E-state index is 0.112. The van der Waals surface area contributed by atoms with Crippen LogP contribution in [-0.2, 0) is 6.42 Å². The highest BCUT2D eigenvalue weighted by molar-refractivity contribution is 6.08. The summed E-state index contributed by atoms with van der Waals surface area (Å²) in [7, 11) is 0. The Morgan fingerprint density at radius 3 is 2.41 bits per heavy atom. The number of amides is 2. The fraction of sp³-hybridized carbons (Fsp3) is 0.348. The smallest absolute Gasteiger partial charge is 0.290 e. The zero-order chi connectivity index (χ0) is 20.2. The third kappa shape index (κ3) is 4.01. The van der Waals surface area contributed by atoms with E-state index in [1.807, 2.05) is 47.4 Å². The Morgan fingerprint density at radius 2 is 1.72 bits per heavy atom. The topological polar surface area (TPSA) is 66.7 Å². The summed E-state index contributed by atoms with van der Waals surface area (Å²) in [5, 5.41) is 2.90. The summed E-state index contributed by atoms with van der Waals surface area (Å²) >= 11 is 0. The Bertz CT molecular complexity index is 1020. The summed E-state index contributed by atoms with van der Waals surface area (Å²) < 4.78 is 1.72. The number of rotatable bonds is 4. The molecule has 1 aliphatic heterocycles. The minimum Gasteiger partial charge on any atom is -0.336 e. The van der Waals surface area contributed by atoms with Gasteiger partial charge in [0.1, 0.15) is 0 Å². The van der Waals surface area contributed by atoms with Crippen molar-refractivity contribution in [2.75, 3.05) is 18.4 Å². The maximum atomic E-state index is 13.1. The molecule has 29 heavy (non-hydrogen) atoms. The van der Waals surface area contributed by atoms with Gasteiger partial charge in [-0.05, 0) is 49.1 Å². The van der Waals surface area contributed by atoms with Crippen molar-refractivity contribution >= 4 is 23.0 Å². The van der Waals surface area contributed by atoms with Crippen molar-refractivity contribution in [1.82, 2.24) is 14.3 Å². The Morgan fingerprint density at radius 1 is 1.00 bits per heavy atom. The number of aromatic nitrogens is 2. The first-order chi connectivity index (χ1) is 14.2. The molecule has 1 fully saturated rings. The average molecular weight is 390 g/mol. The van der Waals surface area contributed by atoms with Gasteiger partial charge in [0.15, 0.2) is 5.69 Å². The molecule has 1 aliphatic rings. The van der Waals surface area contributed by atoms with Crippen LogP contribution in [0.4, 0.5) is 5.69 Å². The summed E-state index contributed by atoms with van der Waals surface area (Å²) in [5.74, 6) is -0.124. The molecule has 3 aromatic rings. The van der Waals surface area contributed by atoms with Crippen LogP contribution in [0.3, 0.4) is 0 Å². The molecule has 1 aromatic carbocycles. The number of nitrogens with one attached hydrogen (secondary N) is 1. The highest BCUT2D eigenvalue weighted by Crippen LogP contribution is 2.19. The lowest BCUT2D eigenvalue weighted by molar-refractivity contribution is 0.0748. The van der Waals surface area contributed by atoms with E-state index in [0.717, 1.165) is 45.2 Å². The van der Waals surface area contributed by atoms with Gasteiger partial charge in [-0.15, -0.1) is 0 Å². The molecule has 0 radical (unpaired) electrons. The number of benzene rings is 1. The van der Waals surface area contributed by atoms with Crippen LogP contribution in [0.15, 0.2) is 48.7 Å². The molecule has 0 bridgehead atoms. The maximum Gasteiger partial charge on any atom is 0.290 e. The van der Waals surface area contributed by atoms with Crippen LogP contribution in [0, 0.1) is 0 Å². The largest absolute Gasteiger partial charge is 0.336 e. The summed E-state index contributed by atoms with van der Waals surface area (Å²) in [6.07, 6.45) is 7.06. The summed E-state index contributed by atoms with van der Waals surface area (Å²) in [6, 6.07) is 13.3. The summed E-state index contributed by atoms with van der Waals surface area (Å²) in [6.45, 7) is 3.57. The van der Waals surface area contributed by atoms with Gasteiger partial charge in [-0.1, -0.05) is 38.0 Å². The normalized spacial score (nSPS) is 14.6. The van der Waals surface area contributed by atoms with Gasteiger partial charge in [0, 0.05) is 25.0 Å². The van der Waals surface area contributed by atoms with E-state index in [-0.39, 0.29) is 17.5 Å². The van der Waals surface area contributed by atoms with E-state index in [2.05, 4.69) is 17.2 Å². The van der Waals surface area contributed by atoms with Crippen molar-refractivity contribution < 1.29 is 9.59 Å². The first kappa shape index (κ1) is 19.2. The molecule has 4 rings (SSSR count). The molecular weight excluding hydrogens is 364 g/mol. The molecule has 0 aliphatic carbocycles. The molecule has 0 atom stereocenters. The van der Waals surface area contributed by atoms with Crippen molar-refractivity contribution in [2.45, 2.75) is 39.0 Å². The highest BCUT2D eigenvalue weighted by Gasteiger charge is 2.25. The van der Waals surface area contributed by atoms with E-state index < -0.39 is 0 Å². The van der Waals surface area contributed by atoms with Gasteiger partial charge in [0.05, 0.1) is 5.52 Å². The molecule has 3 heterocycles. The van der Waals surface area contributed by atoms with Crippen molar-refractivity contribution in [2.24, 2.45) is 0 Å². The van der Waals surface area contributed by atoms with Crippen molar-refractivity contribution in [1.29, 1.82) is 0 Å². The highest BCUT2D eigenvalue weighted by atomic mass is 16.2. The van der Waals surface area contributed by atoms with Crippen LogP contribution < -0.4 is 5.32 Å². The van der Waals surface area contributed by atoms with Gasteiger partial charge in [0.25, 0.3) is 11.8 Å². The second kappa shape index (κ2) is 8.47. The Balaban J connectivity index is 1.64. The average Bonchev–Trinajstić information content (AvgIpc) is 2.93. The molecule has 6 nitrogen and oxygen atoms in total. The van der Waals surface area contributed by atoms with E-state index in [9.17, 15) is 9.59 Å². The lowest BCUT2D eigenvalue weighted by atomic mass is 10.1. The SMILES string of the molecule is CCc1ccc(NC(=O)c2nc(C(=O)N3CCCCCC3)n3ccccc23)cc1. The zero-order valence-electron chi connectivity index (χ0n) is 16.7. The van der Waals surface area contributed by atoms with Gasteiger partial charge in [-0.3, -0.25) is 14.0 Å². The number of imidazole rings is 1.